The number of nitrogens with one attached hydrogen (secondary N) is 2. The summed E-state index contributed by atoms with van der Waals surface area (Å²) in [7, 11) is -7.04. The molecule has 2 rings (SSSR count). The molecule has 2 aromatic rings. The fourth-order valence-electron chi connectivity index (χ4n) is 2.15. The highest BCUT2D eigenvalue weighted by Gasteiger charge is 2.14. The fourth-order valence-corrected chi connectivity index (χ4v) is 4.42. The first-order valence-corrected chi connectivity index (χ1v) is 11.6. The van der Waals surface area contributed by atoms with Crippen molar-refractivity contribution in [1.29, 1.82) is 0 Å². The topological polar surface area (TPSA) is 102 Å². The van der Waals surface area contributed by atoms with Crippen molar-refractivity contribution in [2.75, 3.05) is 13.1 Å². The Hall–Kier alpha value is -1.94. The summed E-state index contributed by atoms with van der Waals surface area (Å²) in [5, 5.41) is 0. The number of rotatable bonds is 10. The molecule has 2 N–H and O–H groups in total. The average Bonchev–Trinajstić information content (AvgIpc) is 2.66. The van der Waals surface area contributed by atoms with E-state index in [0.29, 0.717) is 37.4 Å². The first-order chi connectivity index (χ1) is 12.8. The smallest absolute Gasteiger partial charge is 0.240 e. The van der Waals surface area contributed by atoms with E-state index in [9.17, 15) is 16.8 Å². The van der Waals surface area contributed by atoms with Crippen molar-refractivity contribution < 1.29 is 21.6 Å². The monoisotopic (exact) mass is 412 g/mol. The minimum Gasteiger partial charge on any atom is -0.457 e. The molecule has 148 valence electrons. The zero-order valence-corrected chi connectivity index (χ0v) is 16.9. The van der Waals surface area contributed by atoms with Crippen LogP contribution in [0.1, 0.15) is 26.7 Å². The Kier molecular flexibility index (Phi) is 7.37. The lowest BCUT2D eigenvalue weighted by Crippen LogP contribution is -2.24. The van der Waals surface area contributed by atoms with Gasteiger partial charge in [-0.2, -0.15) is 0 Å². The van der Waals surface area contributed by atoms with Crippen molar-refractivity contribution in [3.8, 4) is 11.5 Å². The van der Waals surface area contributed by atoms with Gasteiger partial charge in [-0.05, 0) is 61.4 Å². The van der Waals surface area contributed by atoms with E-state index in [0.717, 1.165) is 0 Å². The normalized spacial score (nSPS) is 12.1. The van der Waals surface area contributed by atoms with Gasteiger partial charge in [-0.15, -0.1) is 0 Å². The van der Waals surface area contributed by atoms with Gasteiger partial charge in [0.15, 0.2) is 0 Å². The molecule has 7 nitrogen and oxygen atoms in total. The predicted octanol–water partition coefficient (Wildman–Crippen LogP) is 2.86. The molecule has 0 fully saturated rings. The molecule has 0 aliphatic heterocycles. The van der Waals surface area contributed by atoms with Crippen molar-refractivity contribution in [2.24, 2.45) is 0 Å². The van der Waals surface area contributed by atoms with Crippen molar-refractivity contribution >= 4 is 20.0 Å². The van der Waals surface area contributed by atoms with E-state index in [2.05, 4.69) is 9.44 Å². The van der Waals surface area contributed by atoms with Gasteiger partial charge in [0.05, 0.1) is 9.79 Å². The van der Waals surface area contributed by atoms with Crippen molar-refractivity contribution in [2.45, 2.75) is 36.5 Å². The summed E-state index contributed by atoms with van der Waals surface area (Å²) in [6.07, 6.45) is 1.42. The van der Waals surface area contributed by atoms with E-state index < -0.39 is 20.0 Å². The molecular weight excluding hydrogens is 388 g/mol. The van der Waals surface area contributed by atoms with Crippen LogP contribution in [0.4, 0.5) is 0 Å². The van der Waals surface area contributed by atoms with Gasteiger partial charge in [0.2, 0.25) is 20.0 Å². The summed E-state index contributed by atoms with van der Waals surface area (Å²) in [4.78, 5) is 0.318. The molecule has 9 heteroatoms. The lowest BCUT2D eigenvalue weighted by atomic mass is 10.3. The summed E-state index contributed by atoms with van der Waals surface area (Å²) < 4.78 is 58.9. The standard InChI is InChI=1S/C18H24N2O5S2/c1-3-13-19-26(21,22)17-9-5-15(6-10-17)25-16-7-11-18(12-8-16)27(23,24)20-14-4-2/h5-12,19-20H,3-4,13-14H2,1-2H3. The van der Waals surface area contributed by atoms with E-state index >= 15 is 0 Å². The molecule has 27 heavy (non-hydrogen) atoms. The Morgan fingerprint density at radius 3 is 1.30 bits per heavy atom. The zero-order chi connectivity index (χ0) is 19.9. The summed E-state index contributed by atoms with van der Waals surface area (Å²) in [6, 6.07) is 12.0. The van der Waals surface area contributed by atoms with Crippen LogP contribution in [0.25, 0.3) is 0 Å². The van der Waals surface area contributed by atoms with Crippen LogP contribution >= 0.6 is 0 Å². The van der Waals surface area contributed by atoms with Crippen LogP contribution in [0.3, 0.4) is 0 Å². The van der Waals surface area contributed by atoms with Gasteiger partial charge >= 0.3 is 0 Å². The second-order valence-corrected chi connectivity index (χ2v) is 9.37. The highest BCUT2D eigenvalue weighted by atomic mass is 32.2. The molecule has 0 unspecified atom stereocenters. The molecule has 0 amide bonds. The Morgan fingerprint density at radius 1 is 0.667 bits per heavy atom. The van der Waals surface area contributed by atoms with Crippen LogP contribution in [0.2, 0.25) is 0 Å². The Morgan fingerprint density at radius 2 is 1.00 bits per heavy atom. The molecule has 0 radical (unpaired) electrons. The Labute approximate surface area is 160 Å². The van der Waals surface area contributed by atoms with Gasteiger partial charge in [-0.3, -0.25) is 0 Å². The number of sulfonamides is 2. The second kappa shape index (κ2) is 9.32. The quantitative estimate of drug-likeness (QED) is 0.625. The van der Waals surface area contributed by atoms with E-state index in [1.54, 1.807) is 24.3 Å². The summed E-state index contributed by atoms with van der Waals surface area (Å²) in [5.74, 6) is 0.897. The molecule has 0 bridgehead atoms. The first kappa shape index (κ1) is 21.4. The third-order valence-corrected chi connectivity index (χ3v) is 6.54. The van der Waals surface area contributed by atoms with Gasteiger partial charge in [-0.25, -0.2) is 26.3 Å². The first-order valence-electron chi connectivity index (χ1n) is 8.66. The number of hydrogen-bond acceptors (Lipinski definition) is 5. The van der Waals surface area contributed by atoms with E-state index in [-0.39, 0.29) is 9.79 Å². The van der Waals surface area contributed by atoms with Crippen molar-refractivity contribution in [3.05, 3.63) is 48.5 Å². The number of ether oxygens (including phenoxy) is 1. The molecule has 0 spiro atoms. The van der Waals surface area contributed by atoms with Crippen LogP contribution in [0.15, 0.2) is 58.3 Å². The van der Waals surface area contributed by atoms with E-state index in [1.165, 1.54) is 24.3 Å². The minimum absolute atomic E-state index is 0.159. The van der Waals surface area contributed by atoms with Gasteiger partial charge in [0.1, 0.15) is 11.5 Å². The average molecular weight is 413 g/mol. The highest BCUT2D eigenvalue weighted by molar-refractivity contribution is 7.89. The van der Waals surface area contributed by atoms with Gasteiger partial charge in [0.25, 0.3) is 0 Å². The maximum absolute atomic E-state index is 12.1. The molecule has 0 aliphatic carbocycles. The van der Waals surface area contributed by atoms with Gasteiger partial charge < -0.3 is 4.74 Å². The summed E-state index contributed by atoms with van der Waals surface area (Å²) in [5.41, 5.74) is 0. The third-order valence-electron chi connectivity index (χ3n) is 3.59. The third kappa shape index (κ3) is 6.03. The molecule has 0 aliphatic rings. The Balaban J connectivity index is 2.07. The second-order valence-electron chi connectivity index (χ2n) is 5.84. The SMILES string of the molecule is CCCNS(=O)(=O)c1ccc(Oc2ccc(S(=O)(=O)NCCC)cc2)cc1. The van der Waals surface area contributed by atoms with Gasteiger partial charge in [0, 0.05) is 13.1 Å². The highest BCUT2D eigenvalue weighted by Crippen LogP contribution is 2.24. The summed E-state index contributed by atoms with van der Waals surface area (Å²) in [6.45, 7) is 4.53. The van der Waals surface area contributed by atoms with Crippen LogP contribution in [-0.2, 0) is 20.0 Å². The molecular formula is C18H24N2O5S2. The lowest BCUT2D eigenvalue weighted by molar-refractivity contribution is 0.481. The van der Waals surface area contributed by atoms with Crippen LogP contribution in [0, 0.1) is 0 Å². The van der Waals surface area contributed by atoms with E-state index in [1.807, 2.05) is 13.8 Å². The largest absolute Gasteiger partial charge is 0.457 e. The van der Waals surface area contributed by atoms with Crippen molar-refractivity contribution in [3.63, 3.8) is 0 Å². The minimum atomic E-state index is -3.52. The molecule has 2 aromatic carbocycles. The maximum atomic E-state index is 12.1. The molecule has 0 atom stereocenters. The zero-order valence-electron chi connectivity index (χ0n) is 15.3. The molecule has 0 saturated heterocycles. The maximum Gasteiger partial charge on any atom is 0.240 e. The molecule has 0 aromatic heterocycles. The van der Waals surface area contributed by atoms with Gasteiger partial charge in [-0.1, -0.05) is 13.8 Å². The molecule has 0 heterocycles. The van der Waals surface area contributed by atoms with E-state index in [4.69, 9.17) is 4.74 Å². The summed E-state index contributed by atoms with van der Waals surface area (Å²) >= 11 is 0. The Bertz CT molecular complexity index is 859. The van der Waals surface area contributed by atoms with Crippen LogP contribution in [-0.4, -0.2) is 29.9 Å². The van der Waals surface area contributed by atoms with Crippen molar-refractivity contribution in [1.82, 2.24) is 9.44 Å². The lowest BCUT2D eigenvalue weighted by Gasteiger charge is -2.09. The fraction of sp³-hybridized carbons (Fsp3) is 0.333. The van der Waals surface area contributed by atoms with Crippen LogP contribution in [0.5, 0.6) is 11.5 Å². The number of benzene rings is 2. The predicted molar refractivity (Wildman–Crippen MR) is 104 cm³/mol. The molecule has 0 saturated carbocycles. The van der Waals surface area contributed by atoms with Crippen LogP contribution < -0.4 is 14.2 Å². The number of hydrogen-bond donors (Lipinski definition) is 2.